The van der Waals surface area contributed by atoms with Crippen molar-refractivity contribution < 1.29 is 4.74 Å². The molecule has 0 radical (unpaired) electrons. The van der Waals surface area contributed by atoms with Crippen molar-refractivity contribution in [2.24, 2.45) is 7.05 Å². The molecule has 0 spiro atoms. The van der Waals surface area contributed by atoms with Crippen LogP contribution in [0.4, 0.5) is 0 Å². The van der Waals surface area contributed by atoms with E-state index in [1.165, 1.54) is 10.9 Å². The van der Waals surface area contributed by atoms with Gasteiger partial charge in [0.15, 0.2) is 0 Å². The molecule has 0 saturated heterocycles. The molecule has 2 aromatic carbocycles. The molecule has 0 saturated carbocycles. The van der Waals surface area contributed by atoms with Crippen molar-refractivity contribution >= 4 is 35.2 Å². The fourth-order valence-electron chi connectivity index (χ4n) is 3.77. The monoisotopic (exact) mass is 446 g/mol. The summed E-state index contributed by atoms with van der Waals surface area (Å²) in [4.78, 5) is 4.32. The van der Waals surface area contributed by atoms with Crippen LogP contribution in [0, 0.1) is 0 Å². The SMILES string of the molecule is Cn1ccc2ccc(/C=C/c3cc(/C=C/c4ccc(OCCc5ccccn5)cc4)[nH]n3)cc21. The Morgan fingerprint density at radius 3 is 2.59 bits per heavy atom. The van der Waals surface area contributed by atoms with Gasteiger partial charge in [0, 0.05) is 37.1 Å². The van der Waals surface area contributed by atoms with E-state index in [0.29, 0.717) is 6.61 Å². The van der Waals surface area contributed by atoms with Gasteiger partial charge in [-0.3, -0.25) is 10.1 Å². The summed E-state index contributed by atoms with van der Waals surface area (Å²) in [6.07, 6.45) is 12.9. The molecule has 168 valence electrons. The van der Waals surface area contributed by atoms with E-state index in [9.17, 15) is 0 Å². The summed E-state index contributed by atoms with van der Waals surface area (Å²) in [5.41, 5.74) is 6.35. The van der Waals surface area contributed by atoms with Crippen molar-refractivity contribution in [3.63, 3.8) is 0 Å². The predicted octanol–water partition coefficient (Wildman–Crippen LogP) is 6.26. The van der Waals surface area contributed by atoms with Crippen LogP contribution in [-0.4, -0.2) is 26.4 Å². The van der Waals surface area contributed by atoms with Crippen molar-refractivity contribution in [1.82, 2.24) is 19.7 Å². The first kappa shape index (κ1) is 21.5. The van der Waals surface area contributed by atoms with Crippen LogP contribution < -0.4 is 4.74 Å². The standard InChI is InChI=1S/C29H26N4O/c1-33-18-15-24-10-5-23(20-29(24)33)7-12-27-21-26(31-32-27)11-6-22-8-13-28(14-9-22)34-19-16-25-4-2-3-17-30-25/h2-15,17-18,20-21H,16,19H2,1H3,(H,31,32)/b11-6+,12-7+. The van der Waals surface area contributed by atoms with E-state index >= 15 is 0 Å². The average molecular weight is 447 g/mol. The molecule has 5 rings (SSSR count). The number of ether oxygens (including phenoxy) is 1. The predicted molar refractivity (Wildman–Crippen MR) is 139 cm³/mol. The van der Waals surface area contributed by atoms with Gasteiger partial charge in [-0.15, -0.1) is 0 Å². The van der Waals surface area contributed by atoms with Crippen LogP contribution >= 0.6 is 0 Å². The summed E-state index contributed by atoms with van der Waals surface area (Å²) in [6, 6.07) is 24.6. The van der Waals surface area contributed by atoms with Crippen LogP contribution in [0.3, 0.4) is 0 Å². The maximum Gasteiger partial charge on any atom is 0.119 e. The number of H-pyrrole nitrogens is 1. The van der Waals surface area contributed by atoms with Crippen LogP contribution in [0.25, 0.3) is 35.2 Å². The van der Waals surface area contributed by atoms with Gasteiger partial charge in [0.1, 0.15) is 5.75 Å². The Morgan fingerprint density at radius 2 is 1.74 bits per heavy atom. The van der Waals surface area contributed by atoms with E-state index in [0.717, 1.165) is 40.4 Å². The van der Waals surface area contributed by atoms with Gasteiger partial charge in [0.05, 0.1) is 18.0 Å². The Hall–Kier alpha value is -4.38. The number of pyridine rings is 1. The minimum absolute atomic E-state index is 0.607. The molecule has 3 heterocycles. The molecule has 0 aliphatic rings. The maximum absolute atomic E-state index is 5.83. The van der Waals surface area contributed by atoms with Gasteiger partial charge in [-0.05, 0) is 71.1 Å². The number of fused-ring (bicyclic) bond motifs is 1. The normalized spacial score (nSPS) is 11.7. The number of rotatable bonds is 8. The molecule has 5 aromatic rings. The highest BCUT2D eigenvalue weighted by molar-refractivity contribution is 5.84. The van der Waals surface area contributed by atoms with Crippen molar-refractivity contribution in [2.75, 3.05) is 6.61 Å². The summed E-state index contributed by atoms with van der Waals surface area (Å²) in [5, 5.41) is 8.72. The fourth-order valence-corrected chi connectivity index (χ4v) is 3.77. The number of nitrogens with one attached hydrogen (secondary N) is 1. The van der Waals surface area contributed by atoms with E-state index < -0.39 is 0 Å². The molecule has 0 unspecified atom stereocenters. The summed E-state index contributed by atoms with van der Waals surface area (Å²) < 4.78 is 7.96. The summed E-state index contributed by atoms with van der Waals surface area (Å²) in [6.45, 7) is 0.607. The summed E-state index contributed by atoms with van der Waals surface area (Å²) in [7, 11) is 2.06. The van der Waals surface area contributed by atoms with E-state index in [4.69, 9.17) is 4.74 Å². The second-order valence-electron chi connectivity index (χ2n) is 8.15. The highest BCUT2D eigenvalue weighted by atomic mass is 16.5. The van der Waals surface area contributed by atoms with Crippen LogP contribution in [-0.2, 0) is 13.5 Å². The summed E-state index contributed by atoms with van der Waals surface area (Å²) in [5.74, 6) is 0.857. The van der Waals surface area contributed by atoms with Crippen LogP contribution in [0.1, 0.15) is 28.2 Å². The van der Waals surface area contributed by atoms with Crippen molar-refractivity contribution in [1.29, 1.82) is 0 Å². The lowest BCUT2D eigenvalue weighted by atomic mass is 10.1. The lowest BCUT2D eigenvalue weighted by molar-refractivity contribution is 0.320. The number of aromatic nitrogens is 4. The zero-order chi connectivity index (χ0) is 23.2. The average Bonchev–Trinajstić information content (AvgIpc) is 3.49. The number of benzene rings is 2. The Kier molecular flexibility index (Phi) is 6.34. The Morgan fingerprint density at radius 1 is 0.882 bits per heavy atom. The zero-order valence-corrected chi connectivity index (χ0v) is 19.1. The van der Waals surface area contributed by atoms with Gasteiger partial charge in [0.2, 0.25) is 0 Å². The molecule has 0 bridgehead atoms. The molecule has 0 fully saturated rings. The third-order valence-corrected chi connectivity index (χ3v) is 5.66. The van der Waals surface area contributed by atoms with Crippen molar-refractivity contribution in [3.8, 4) is 5.75 Å². The highest BCUT2D eigenvalue weighted by Gasteiger charge is 2.00. The largest absolute Gasteiger partial charge is 0.493 e. The number of aromatic amines is 1. The van der Waals surface area contributed by atoms with Crippen LogP contribution in [0.5, 0.6) is 5.75 Å². The van der Waals surface area contributed by atoms with Crippen LogP contribution in [0.15, 0.2) is 85.2 Å². The highest BCUT2D eigenvalue weighted by Crippen LogP contribution is 2.19. The molecule has 0 aliphatic carbocycles. The maximum atomic E-state index is 5.83. The lowest BCUT2D eigenvalue weighted by Crippen LogP contribution is -2.02. The first-order chi connectivity index (χ1) is 16.7. The fraction of sp³-hybridized carbons (Fsp3) is 0.103. The number of hydrogen-bond donors (Lipinski definition) is 1. The molecule has 3 aromatic heterocycles. The Bertz CT molecular complexity index is 1430. The first-order valence-electron chi connectivity index (χ1n) is 11.3. The topological polar surface area (TPSA) is 55.7 Å². The number of nitrogens with zero attached hydrogens (tertiary/aromatic N) is 3. The quantitative estimate of drug-likeness (QED) is 0.306. The minimum Gasteiger partial charge on any atom is -0.493 e. The molecule has 1 N–H and O–H groups in total. The van der Waals surface area contributed by atoms with E-state index in [-0.39, 0.29) is 0 Å². The minimum atomic E-state index is 0.607. The van der Waals surface area contributed by atoms with Gasteiger partial charge in [0.25, 0.3) is 0 Å². The molecular weight excluding hydrogens is 420 g/mol. The molecule has 0 atom stereocenters. The lowest BCUT2D eigenvalue weighted by Gasteiger charge is -2.06. The molecule has 5 nitrogen and oxygen atoms in total. The van der Waals surface area contributed by atoms with E-state index in [1.54, 1.807) is 6.20 Å². The van der Waals surface area contributed by atoms with E-state index in [2.05, 4.69) is 69.4 Å². The van der Waals surface area contributed by atoms with Gasteiger partial charge in [-0.25, -0.2) is 0 Å². The Labute approximate surface area is 199 Å². The molecule has 5 heteroatoms. The first-order valence-corrected chi connectivity index (χ1v) is 11.3. The molecule has 0 amide bonds. The van der Waals surface area contributed by atoms with Gasteiger partial charge < -0.3 is 9.30 Å². The Balaban J connectivity index is 1.16. The van der Waals surface area contributed by atoms with Gasteiger partial charge in [-0.1, -0.05) is 42.5 Å². The molecule has 34 heavy (non-hydrogen) atoms. The smallest absolute Gasteiger partial charge is 0.119 e. The van der Waals surface area contributed by atoms with Crippen molar-refractivity contribution in [3.05, 3.63) is 113 Å². The second kappa shape index (κ2) is 10.0. The van der Waals surface area contributed by atoms with Gasteiger partial charge in [-0.2, -0.15) is 5.10 Å². The molecule has 0 aliphatic heterocycles. The number of hydrogen-bond acceptors (Lipinski definition) is 3. The third-order valence-electron chi connectivity index (χ3n) is 5.66. The zero-order valence-electron chi connectivity index (χ0n) is 19.1. The third kappa shape index (κ3) is 5.33. The second-order valence-corrected chi connectivity index (χ2v) is 8.15. The summed E-state index contributed by atoms with van der Waals surface area (Å²) >= 11 is 0. The molecular formula is C29H26N4O. The van der Waals surface area contributed by atoms with Gasteiger partial charge >= 0.3 is 0 Å². The van der Waals surface area contributed by atoms with Crippen LogP contribution in [0.2, 0.25) is 0 Å². The van der Waals surface area contributed by atoms with Crippen molar-refractivity contribution in [2.45, 2.75) is 6.42 Å². The van der Waals surface area contributed by atoms with E-state index in [1.807, 2.05) is 60.7 Å². The number of aryl methyl sites for hydroxylation is 1.